The minimum absolute atomic E-state index is 0.0363. The summed E-state index contributed by atoms with van der Waals surface area (Å²) in [4.78, 5) is 25.5. The summed E-state index contributed by atoms with van der Waals surface area (Å²) >= 11 is 1.27. The molecule has 0 bridgehead atoms. The molecule has 36 heavy (non-hydrogen) atoms. The highest BCUT2D eigenvalue weighted by Gasteiger charge is 2.26. The van der Waals surface area contributed by atoms with Crippen LogP contribution in [0.5, 0.6) is 11.5 Å². The third-order valence-corrected chi connectivity index (χ3v) is 6.29. The van der Waals surface area contributed by atoms with Gasteiger partial charge in [-0.2, -0.15) is 0 Å². The summed E-state index contributed by atoms with van der Waals surface area (Å²) in [7, 11) is 3.15. The largest absolute Gasteiger partial charge is 0.497 e. The molecule has 3 rings (SSSR count). The summed E-state index contributed by atoms with van der Waals surface area (Å²) in [5, 5.41) is 15.2. The van der Waals surface area contributed by atoms with Crippen molar-refractivity contribution in [2.75, 3.05) is 25.3 Å². The number of benzene rings is 2. The van der Waals surface area contributed by atoms with Gasteiger partial charge in [0.05, 0.1) is 26.0 Å². The molecule has 3 aromatic rings. The Bertz CT molecular complexity index is 1190. The SMILES string of the molecule is C=CCn1c(SCC(=O)Nc2cccc(OC)c2)nnc1[C@@H](NC(=O)c1ccc(OC)cc1)C(C)C. The first-order valence-corrected chi connectivity index (χ1v) is 12.4. The fourth-order valence-electron chi connectivity index (χ4n) is 3.46. The first kappa shape index (κ1) is 26.8. The molecule has 2 aromatic carbocycles. The smallest absolute Gasteiger partial charge is 0.251 e. The fourth-order valence-corrected chi connectivity index (χ4v) is 4.22. The summed E-state index contributed by atoms with van der Waals surface area (Å²) in [5.74, 6) is 1.70. The summed E-state index contributed by atoms with van der Waals surface area (Å²) < 4.78 is 12.2. The van der Waals surface area contributed by atoms with E-state index in [4.69, 9.17) is 9.47 Å². The number of carbonyl (C=O) groups is 2. The molecule has 0 aliphatic carbocycles. The Labute approximate surface area is 215 Å². The number of rotatable bonds is 12. The van der Waals surface area contributed by atoms with Crippen LogP contribution in [0.4, 0.5) is 5.69 Å². The van der Waals surface area contributed by atoms with Gasteiger partial charge in [-0.1, -0.05) is 37.8 Å². The molecule has 9 nitrogen and oxygen atoms in total. The molecular weight excluding hydrogens is 478 g/mol. The van der Waals surface area contributed by atoms with Gasteiger partial charge < -0.3 is 24.7 Å². The average Bonchev–Trinajstić information content (AvgIpc) is 3.28. The highest BCUT2D eigenvalue weighted by atomic mass is 32.2. The Morgan fingerprint density at radius 2 is 1.81 bits per heavy atom. The number of anilines is 1. The molecule has 1 atom stereocenters. The molecule has 0 unspecified atom stereocenters. The molecule has 0 fully saturated rings. The van der Waals surface area contributed by atoms with Crippen LogP contribution >= 0.6 is 11.8 Å². The minimum atomic E-state index is -0.396. The minimum Gasteiger partial charge on any atom is -0.497 e. The number of aromatic nitrogens is 3. The molecule has 2 amide bonds. The van der Waals surface area contributed by atoms with Crippen molar-refractivity contribution < 1.29 is 19.1 Å². The molecule has 2 N–H and O–H groups in total. The fraction of sp³-hybridized carbons (Fsp3) is 0.308. The van der Waals surface area contributed by atoms with E-state index in [1.807, 2.05) is 24.5 Å². The van der Waals surface area contributed by atoms with Gasteiger partial charge in [0.15, 0.2) is 11.0 Å². The Hall–Kier alpha value is -3.79. The molecule has 1 heterocycles. The number of nitrogens with one attached hydrogen (secondary N) is 2. The number of thioether (sulfide) groups is 1. The van der Waals surface area contributed by atoms with E-state index in [-0.39, 0.29) is 23.5 Å². The molecule has 0 saturated carbocycles. The van der Waals surface area contributed by atoms with Crippen LogP contribution in [0.25, 0.3) is 0 Å². The topological polar surface area (TPSA) is 107 Å². The predicted molar refractivity (Wildman–Crippen MR) is 141 cm³/mol. The van der Waals surface area contributed by atoms with E-state index in [0.29, 0.717) is 40.3 Å². The van der Waals surface area contributed by atoms with Crippen molar-refractivity contribution in [3.05, 3.63) is 72.6 Å². The number of methoxy groups -OCH3 is 2. The Kier molecular flexibility index (Phi) is 9.52. The number of carbonyl (C=O) groups excluding carboxylic acids is 2. The van der Waals surface area contributed by atoms with Crippen LogP contribution in [0.1, 0.15) is 36.1 Å². The molecule has 1 aromatic heterocycles. The van der Waals surface area contributed by atoms with Crippen LogP contribution < -0.4 is 20.1 Å². The number of hydrogen-bond donors (Lipinski definition) is 2. The second kappa shape index (κ2) is 12.8. The van der Waals surface area contributed by atoms with Crippen LogP contribution in [0.15, 0.2) is 66.3 Å². The van der Waals surface area contributed by atoms with Crippen molar-refractivity contribution >= 4 is 29.3 Å². The van der Waals surface area contributed by atoms with Crippen molar-refractivity contribution in [1.29, 1.82) is 0 Å². The van der Waals surface area contributed by atoms with Gasteiger partial charge in [0.2, 0.25) is 5.91 Å². The van der Waals surface area contributed by atoms with Gasteiger partial charge in [-0.3, -0.25) is 9.59 Å². The van der Waals surface area contributed by atoms with Crippen molar-refractivity contribution in [2.45, 2.75) is 31.6 Å². The van der Waals surface area contributed by atoms with Crippen LogP contribution in [-0.4, -0.2) is 46.6 Å². The van der Waals surface area contributed by atoms with Gasteiger partial charge >= 0.3 is 0 Å². The monoisotopic (exact) mass is 509 g/mol. The molecule has 10 heteroatoms. The van der Waals surface area contributed by atoms with Crippen LogP contribution in [0, 0.1) is 5.92 Å². The van der Waals surface area contributed by atoms with Gasteiger partial charge in [0.25, 0.3) is 5.91 Å². The summed E-state index contributed by atoms with van der Waals surface area (Å²) in [6, 6.07) is 13.7. The van der Waals surface area contributed by atoms with Crippen LogP contribution in [-0.2, 0) is 11.3 Å². The zero-order chi connectivity index (χ0) is 26.1. The Morgan fingerprint density at radius 1 is 1.08 bits per heavy atom. The van der Waals surface area contributed by atoms with Crippen molar-refractivity contribution in [1.82, 2.24) is 20.1 Å². The molecule has 0 spiro atoms. The van der Waals surface area contributed by atoms with E-state index in [0.717, 1.165) is 0 Å². The van der Waals surface area contributed by atoms with Crippen LogP contribution in [0.3, 0.4) is 0 Å². The highest BCUT2D eigenvalue weighted by Crippen LogP contribution is 2.26. The molecule has 0 aliphatic heterocycles. The van der Waals surface area contributed by atoms with E-state index in [2.05, 4.69) is 27.4 Å². The zero-order valence-electron chi connectivity index (χ0n) is 20.9. The maximum Gasteiger partial charge on any atom is 0.251 e. The number of allylic oxidation sites excluding steroid dienone is 1. The van der Waals surface area contributed by atoms with Gasteiger partial charge in [-0.05, 0) is 42.3 Å². The molecular formula is C26H31N5O4S. The van der Waals surface area contributed by atoms with E-state index < -0.39 is 6.04 Å². The van der Waals surface area contributed by atoms with Gasteiger partial charge in [-0.25, -0.2) is 0 Å². The third-order valence-electron chi connectivity index (χ3n) is 5.33. The van der Waals surface area contributed by atoms with Gasteiger partial charge in [0.1, 0.15) is 11.5 Å². The first-order chi connectivity index (χ1) is 17.4. The maximum absolute atomic E-state index is 12.9. The number of amides is 2. The molecule has 0 saturated heterocycles. The van der Waals surface area contributed by atoms with Crippen LogP contribution in [0.2, 0.25) is 0 Å². The molecule has 0 radical (unpaired) electrons. The van der Waals surface area contributed by atoms with E-state index >= 15 is 0 Å². The van der Waals surface area contributed by atoms with Gasteiger partial charge in [0, 0.05) is 23.9 Å². The molecule has 0 aliphatic rings. The van der Waals surface area contributed by atoms with Crippen molar-refractivity contribution in [2.24, 2.45) is 5.92 Å². The Balaban J connectivity index is 1.73. The highest BCUT2D eigenvalue weighted by molar-refractivity contribution is 7.99. The van der Waals surface area contributed by atoms with E-state index in [1.165, 1.54) is 11.8 Å². The number of nitrogens with zero attached hydrogens (tertiary/aromatic N) is 3. The summed E-state index contributed by atoms with van der Waals surface area (Å²) in [6.07, 6.45) is 1.73. The molecule has 190 valence electrons. The zero-order valence-corrected chi connectivity index (χ0v) is 21.7. The Morgan fingerprint density at radius 3 is 2.44 bits per heavy atom. The second-order valence-corrected chi connectivity index (χ2v) is 9.18. The lowest BCUT2D eigenvalue weighted by Crippen LogP contribution is -2.33. The van der Waals surface area contributed by atoms with E-state index in [1.54, 1.807) is 62.8 Å². The van der Waals surface area contributed by atoms with E-state index in [9.17, 15) is 9.59 Å². The lowest BCUT2D eigenvalue weighted by atomic mass is 10.0. The normalized spacial score (nSPS) is 11.6. The summed E-state index contributed by atoms with van der Waals surface area (Å²) in [6.45, 7) is 8.27. The van der Waals surface area contributed by atoms with Gasteiger partial charge in [-0.15, -0.1) is 16.8 Å². The lowest BCUT2D eigenvalue weighted by Gasteiger charge is -2.22. The van der Waals surface area contributed by atoms with Crippen molar-refractivity contribution in [3.63, 3.8) is 0 Å². The standard InChI is InChI=1S/C26H31N5O4S/c1-6-14-31-24(23(17(2)3)28-25(33)18-10-12-20(34-4)13-11-18)29-30-26(31)36-16-22(32)27-19-8-7-9-21(15-19)35-5/h6-13,15,17,23H,1,14,16H2,2-5H3,(H,27,32)(H,28,33)/t23-/m0/s1. The number of ether oxygens (including phenoxy) is 2. The average molecular weight is 510 g/mol. The third kappa shape index (κ3) is 6.88. The lowest BCUT2D eigenvalue weighted by molar-refractivity contribution is -0.113. The number of hydrogen-bond acceptors (Lipinski definition) is 7. The quantitative estimate of drug-likeness (QED) is 0.276. The summed E-state index contributed by atoms with van der Waals surface area (Å²) in [5.41, 5.74) is 1.16. The maximum atomic E-state index is 12.9. The van der Waals surface area contributed by atoms with Crippen molar-refractivity contribution in [3.8, 4) is 11.5 Å². The first-order valence-electron chi connectivity index (χ1n) is 11.4. The predicted octanol–water partition coefficient (Wildman–Crippen LogP) is 4.34. The second-order valence-electron chi connectivity index (χ2n) is 8.23.